The van der Waals surface area contributed by atoms with E-state index in [-0.39, 0.29) is 43.5 Å². The van der Waals surface area contributed by atoms with Gasteiger partial charge in [-0.3, -0.25) is 4.79 Å². The second-order valence-corrected chi connectivity index (χ2v) is 8.32. The molecule has 0 unspecified atom stereocenters. The van der Waals surface area contributed by atoms with E-state index >= 15 is 0 Å². The summed E-state index contributed by atoms with van der Waals surface area (Å²) in [7, 11) is 0. The number of ketones is 1. The van der Waals surface area contributed by atoms with E-state index in [4.69, 9.17) is 9.15 Å². The molecule has 1 aliphatic heterocycles. The number of rotatable bonds is 4. The van der Waals surface area contributed by atoms with Crippen LogP contribution in [-0.4, -0.2) is 15.9 Å². The van der Waals surface area contributed by atoms with E-state index in [0.29, 0.717) is 11.9 Å². The standard InChI is InChI=1S/C16H12NO2.C9H16O2.Ir/c1-9(2)11-4-3-10-5-7-17-14-12-6-8-18-16(12)19-15(11)13(10)14;1-6(2)8(10)5-9(11)7(3)4;/h3-5,7-9H,1-2H3;5-7,10H,1-4H3;/q-1;;/b;8-5-;. The van der Waals surface area contributed by atoms with E-state index in [1.54, 1.807) is 0 Å². The maximum atomic E-state index is 11.0. The van der Waals surface area contributed by atoms with Gasteiger partial charge in [-0.05, 0) is 34.0 Å². The van der Waals surface area contributed by atoms with Crippen molar-refractivity contribution in [3.05, 3.63) is 54.1 Å². The Labute approximate surface area is 196 Å². The predicted molar refractivity (Wildman–Crippen MR) is 118 cm³/mol. The van der Waals surface area contributed by atoms with E-state index in [2.05, 4.69) is 37.0 Å². The number of hydrogen-bond acceptors (Lipinski definition) is 5. The van der Waals surface area contributed by atoms with Gasteiger partial charge in [-0.2, -0.15) is 0 Å². The first-order chi connectivity index (χ1) is 14.2. The number of benzene rings is 1. The summed E-state index contributed by atoms with van der Waals surface area (Å²) >= 11 is 0. The Hall–Kier alpha value is -2.43. The van der Waals surface area contributed by atoms with Crippen molar-refractivity contribution in [3.63, 3.8) is 0 Å². The van der Waals surface area contributed by atoms with Crippen LogP contribution >= 0.6 is 0 Å². The number of hydrogen-bond donors (Lipinski definition) is 1. The molecule has 3 aromatic rings. The molecule has 4 rings (SSSR count). The summed E-state index contributed by atoms with van der Waals surface area (Å²) in [6.45, 7) is 11.6. The van der Waals surface area contributed by atoms with E-state index < -0.39 is 0 Å². The van der Waals surface area contributed by atoms with Gasteiger partial charge in [-0.15, -0.1) is 6.07 Å². The molecule has 0 fully saturated rings. The molecule has 3 heterocycles. The van der Waals surface area contributed by atoms with Gasteiger partial charge in [-0.25, -0.2) is 0 Å². The van der Waals surface area contributed by atoms with E-state index in [1.165, 1.54) is 17.9 Å². The zero-order valence-corrected chi connectivity index (χ0v) is 21.0. The minimum Gasteiger partial charge on any atom is -0.512 e. The molecular weight excluding hydrogens is 570 g/mol. The van der Waals surface area contributed by atoms with E-state index in [0.717, 1.165) is 27.8 Å². The number of allylic oxidation sites excluding steroid dienone is 2. The van der Waals surface area contributed by atoms with Crippen LogP contribution in [0.5, 0.6) is 11.7 Å². The summed E-state index contributed by atoms with van der Waals surface area (Å²) in [5.74, 6) is 1.90. The first-order valence-corrected chi connectivity index (χ1v) is 10.2. The molecule has 1 aliphatic rings. The van der Waals surface area contributed by atoms with Gasteiger partial charge in [0.2, 0.25) is 0 Å². The molecule has 0 bridgehead atoms. The number of aromatic nitrogens is 1. The molecule has 0 aliphatic carbocycles. The number of ether oxygens (including phenoxy) is 1. The fraction of sp³-hybridized carbons (Fsp3) is 0.360. The van der Waals surface area contributed by atoms with E-state index in [9.17, 15) is 9.90 Å². The Bertz CT molecular complexity index is 1100. The predicted octanol–water partition coefficient (Wildman–Crippen LogP) is 6.83. The zero-order valence-electron chi connectivity index (χ0n) is 18.6. The molecule has 1 aromatic carbocycles. The zero-order chi connectivity index (χ0) is 22.0. The number of pyridine rings is 1. The normalized spacial score (nSPS) is 12.2. The number of carbonyl (C=O) groups is 1. The van der Waals surface area contributed by atoms with Gasteiger partial charge in [-0.1, -0.05) is 59.2 Å². The maximum absolute atomic E-state index is 11.0. The van der Waals surface area contributed by atoms with Crippen molar-refractivity contribution in [2.45, 2.75) is 47.5 Å². The molecule has 5 nitrogen and oxygen atoms in total. The topological polar surface area (TPSA) is 72.6 Å². The average Bonchev–Trinajstić information content (AvgIpc) is 3.17. The summed E-state index contributed by atoms with van der Waals surface area (Å²) < 4.78 is 11.3. The number of furan rings is 1. The SMILES string of the molecule is CC(C)C(=O)/C=C(\O)C(C)C.CC(C)c1ccc2ccnc3c2c1Oc1oc[c-]c1-3.[Ir]. The van der Waals surface area contributed by atoms with Crippen molar-refractivity contribution >= 4 is 16.6 Å². The van der Waals surface area contributed by atoms with Gasteiger partial charge in [0.25, 0.3) is 0 Å². The molecule has 2 aromatic heterocycles. The van der Waals surface area contributed by atoms with Crippen LogP contribution in [0.15, 0.2) is 46.9 Å². The molecular formula is C25H28IrNO4-. The van der Waals surface area contributed by atoms with Gasteiger partial charge in [0, 0.05) is 50.5 Å². The number of fused-ring (bicyclic) bond motifs is 2. The molecule has 31 heavy (non-hydrogen) atoms. The Morgan fingerprint density at radius 3 is 2.42 bits per heavy atom. The molecule has 0 amide bonds. The molecule has 0 spiro atoms. The van der Waals surface area contributed by atoms with Crippen LogP contribution in [0.1, 0.15) is 53.0 Å². The number of aliphatic hydroxyl groups is 1. The van der Waals surface area contributed by atoms with Crippen LogP contribution in [0.25, 0.3) is 22.0 Å². The molecule has 0 saturated heterocycles. The minimum atomic E-state index is -0.0316. The van der Waals surface area contributed by atoms with Gasteiger partial charge in [0.05, 0.1) is 5.76 Å². The summed E-state index contributed by atoms with van der Waals surface area (Å²) in [4.78, 5) is 15.5. The van der Waals surface area contributed by atoms with Crippen LogP contribution in [0.2, 0.25) is 0 Å². The molecule has 1 N–H and O–H groups in total. The van der Waals surface area contributed by atoms with Crippen LogP contribution in [0.4, 0.5) is 0 Å². The van der Waals surface area contributed by atoms with Gasteiger partial charge >= 0.3 is 0 Å². The second-order valence-electron chi connectivity index (χ2n) is 8.32. The smallest absolute Gasteiger partial charge is 0.180 e. The van der Waals surface area contributed by atoms with Crippen molar-refractivity contribution in [2.24, 2.45) is 11.8 Å². The van der Waals surface area contributed by atoms with Crippen molar-refractivity contribution in [2.75, 3.05) is 0 Å². The Morgan fingerprint density at radius 2 is 1.81 bits per heavy atom. The summed E-state index contributed by atoms with van der Waals surface area (Å²) in [6, 6.07) is 9.29. The third kappa shape index (κ3) is 5.25. The van der Waals surface area contributed by atoms with Crippen molar-refractivity contribution in [1.29, 1.82) is 0 Å². The summed E-state index contributed by atoms with van der Waals surface area (Å²) in [5.41, 5.74) is 2.87. The van der Waals surface area contributed by atoms with Gasteiger partial charge in [0.1, 0.15) is 5.75 Å². The number of nitrogens with zero attached hydrogens (tertiary/aromatic N) is 1. The van der Waals surface area contributed by atoms with Gasteiger partial charge in [0.15, 0.2) is 11.7 Å². The fourth-order valence-electron chi connectivity index (χ4n) is 3.08. The molecule has 0 atom stereocenters. The summed E-state index contributed by atoms with van der Waals surface area (Å²) in [5, 5.41) is 11.4. The Morgan fingerprint density at radius 1 is 1.10 bits per heavy atom. The Balaban J connectivity index is 0.000000249. The fourth-order valence-corrected chi connectivity index (χ4v) is 3.08. The Kier molecular flexibility index (Phi) is 8.21. The van der Waals surface area contributed by atoms with Crippen LogP contribution in [0.3, 0.4) is 0 Å². The number of aliphatic hydroxyl groups excluding tert-OH is 1. The van der Waals surface area contributed by atoms with Crippen molar-refractivity contribution in [1.82, 2.24) is 4.98 Å². The van der Waals surface area contributed by atoms with Crippen LogP contribution in [0, 0.1) is 17.9 Å². The average molecular weight is 599 g/mol. The molecule has 167 valence electrons. The van der Waals surface area contributed by atoms with Crippen LogP contribution < -0.4 is 4.74 Å². The van der Waals surface area contributed by atoms with Gasteiger partial charge < -0.3 is 19.2 Å². The largest absolute Gasteiger partial charge is 0.512 e. The first kappa shape index (κ1) is 24.8. The van der Waals surface area contributed by atoms with Crippen molar-refractivity contribution < 1.29 is 39.2 Å². The molecule has 1 radical (unpaired) electrons. The third-order valence-corrected chi connectivity index (χ3v) is 4.99. The number of carbonyl (C=O) groups excluding carboxylic acids is 1. The third-order valence-electron chi connectivity index (χ3n) is 4.99. The van der Waals surface area contributed by atoms with E-state index in [1.807, 2.05) is 40.0 Å². The molecule has 6 heteroatoms. The quantitative estimate of drug-likeness (QED) is 0.158. The van der Waals surface area contributed by atoms with Crippen LogP contribution in [-0.2, 0) is 24.9 Å². The minimum absolute atomic E-state index is 0. The first-order valence-electron chi connectivity index (χ1n) is 10.2. The molecule has 0 saturated carbocycles. The summed E-state index contributed by atoms with van der Waals surface area (Å²) in [6.07, 6.45) is 4.65. The van der Waals surface area contributed by atoms with Crippen molar-refractivity contribution in [3.8, 4) is 23.0 Å². The maximum Gasteiger partial charge on any atom is 0.180 e. The monoisotopic (exact) mass is 599 g/mol. The second kappa shape index (κ2) is 10.3.